The highest BCUT2D eigenvalue weighted by Gasteiger charge is 2.19. The Morgan fingerprint density at radius 2 is 1.85 bits per heavy atom. The average molecular weight is 357 g/mol. The smallest absolute Gasteiger partial charge is 0.267 e. The van der Waals surface area contributed by atoms with Gasteiger partial charge in [-0.2, -0.15) is 5.10 Å². The molecular weight excluding hydrogens is 330 g/mol. The SMILES string of the molecule is Cc1nc(CN2CCN(CCn3nc4c(cc3=O)CCCC4)CC2)co1. The fraction of sp³-hybridized carbons (Fsp3) is 0.632. The van der Waals surface area contributed by atoms with Crippen molar-refractivity contribution in [1.82, 2.24) is 24.6 Å². The molecule has 0 saturated carbocycles. The third kappa shape index (κ3) is 4.04. The molecule has 0 radical (unpaired) electrons. The maximum atomic E-state index is 12.3. The zero-order valence-electron chi connectivity index (χ0n) is 15.5. The van der Waals surface area contributed by atoms with Crippen molar-refractivity contribution in [2.75, 3.05) is 32.7 Å². The van der Waals surface area contributed by atoms with Crippen LogP contribution < -0.4 is 5.56 Å². The summed E-state index contributed by atoms with van der Waals surface area (Å²) in [6.07, 6.45) is 6.12. The summed E-state index contributed by atoms with van der Waals surface area (Å²) >= 11 is 0. The van der Waals surface area contributed by atoms with Gasteiger partial charge in [-0.05, 0) is 31.2 Å². The second-order valence-corrected chi connectivity index (χ2v) is 7.36. The quantitative estimate of drug-likeness (QED) is 0.802. The number of aryl methyl sites for hydroxylation is 3. The van der Waals surface area contributed by atoms with Crippen molar-refractivity contribution in [2.45, 2.75) is 45.7 Å². The van der Waals surface area contributed by atoms with Crippen molar-refractivity contribution < 1.29 is 4.42 Å². The van der Waals surface area contributed by atoms with E-state index in [1.165, 1.54) is 12.8 Å². The lowest BCUT2D eigenvalue weighted by molar-refractivity contribution is 0.121. The Balaban J connectivity index is 1.28. The van der Waals surface area contributed by atoms with E-state index in [0.29, 0.717) is 6.54 Å². The van der Waals surface area contributed by atoms with Crippen LogP contribution in [0.2, 0.25) is 0 Å². The molecule has 0 spiro atoms. The molecule has 2 aromatic heterocycles. The highest BCUT2D eigenvalue weighted by Crippen LogP contribution is 2.17. The van der Waals surface area contributed by atoms with E-state index in [1.807, 2.05) is 6.92 Å². The highest BCUT2D eigenvalue weighted by atomic mass is 16.3. The Hall–Kier alpha value is -1.99. The standard InChI is InChI=1S/C19H27N5O2/c1-15-20-17(14-26-15)13-23-8-6-22(7-9-23)10-11-24-19(25)12-16-4-2-3-5-18(16)21-24/h12,14H,2-11,13H2,1H3. The predicted molar refractivity (Wildman–Crippen MR) is 98.1 cm³/mol. The number of rotatable bonds is 5. The van der Waals surface area contributed by atoms with Crippen LogP contribution >= 0.6 is 0 Å². The van der Waals surface area contributed by atoms with E-state index in [4.69, 9.17) is 4.42 Å². The fourth-order valence-corrected chi connectivity index (χ4v) is 3.88. The number of piperazine rings is 1. The molecule has 3 heterocycles. The van der Waals surface area contributed by atoms with Crippen LogP contribution in [0.25, 0.3) is 0 Å². The van der Waals surface area contributed by atoms with Crippen LogP contribution in [0.4, 0.5) is 0 Å². The molecule has 1 aliphatic heterocycles. The zero-order valence-corrected chi connectivity index (χ0v) is 15.5. The number of nitrogens with zero attached hydrogens (tertiary/aromatic N) is 5. The molecule has 0 bridgehead atoms. The summed E-state index contributed by atoms with van der Waals surface area (Å²) in [6, 6.07) is 1.80. The lowest BCUT2D eigenvalue weighted by Crippen LogP contribution is -2.47. The van der Waals surface area contributed by atoms with Gasteiger partial charge in [0.15, 0.2) is 5.89 Å². The lowest BCUT2D eigenvalue weighted by Gasteiger charge is -2.34. The Morgan fingerprint density at radius 1 is 1.08 bits per heavy atom. The minimum absolute atomic E-state index is 0.0469. The fourth-order valence-electron chi connectivity index (χ4n) is 3.88. The first-order valence-electron chi connectivity index (χ1n) is 9.63. The van der Waals surface area contributed by atoms with E-state index in [9.17, 15) is 4.79 Å². The molecule has 0 unspecified atom stereocenters. The molecule has 0 amide bonds. The Labute approximate surface area is 153 Å². The first-order chi connectivity index (χ1) is 12.7. The largest absolute Gasteiger partial charge is 0.449 e. The zero-order chi connectivity index (χ0) is 17.9. The molecule has 7 heteroatoms. The lowest BCUT2D eigenvalue weighted by atomic mass is 9.97. The number of hydrogen-bond donors (Lipinski definition) is 0. The van der Waals surface area contributed by atoms with Crippen molar-refractivity contribution >= 4 is 0 Å². The summed E-state index contributed by atoms with van der Waals surface area (Å²) < 4.78 is 6.94. The van der Waals surface area contributed by atoms with Gasteiger partial charge < -0.3 is 4.42 Å². The first kappa shape index (κ1) is 17.4. The minimum atomic E-state index is 0.0469. The van der Waals surface area contributed by atoms with Crippen molar-refractivity contribution in [3.05, 3.63) is 45.5 Å². The van der Waals surface area contributed by atoms with Gasteiger partial charge in [0.05, 0.1) is 17.9 Å². The van der Waals surface area contributed by atoms with E-state index in [1.54, 1.807) is 17.0 Å². The van der Waals surface area contributed by atoms with Crippen LogP contribution in [0.1, 0.15) is 35.7 Å². The summed E-state index contributed by atoms with van der Waals surface area (Å²) in [6.45, 7) is 8.32. The Morgan fingerprint density at radius 3 is 2.62 bits per heavy atom. The first-order valence-corrected chi connectivity index (χ1v) is 9.63. The molecule has 4 rings (SSSR count). The van der Waals surface area contributed by atoms with Crippen LogP contribution in [0, 0.1) is 6.92 Å². The maximum Gasteiger partial charge on any atom is 0.267 e. The highest BCUT2D eigenvalue weighted by molar-refractivity contribution is 5.20. The molecule has 26 heavy (non-hydrogen) atoms. The van der Waals surface area contributed by atoms with Gasteiger partial charge in [-0.15, -0.1) is 0 Å². The van der Waals surface area contributed by atoms with Crippen molar-refractivity contribution in [2.24, 2.45) is 0 Å². The predicted octanol–water partition coefficient (Wildman–Crippen LogP) is 1.24. The number of aromatic nitrogens is 3. The molecule has 0 N–H and O–H groups in total. The molecule has 2 aromatic rings. The summed E-state index contributed by atoms with van der Waals surface area (Å²) in [4.78, 5) is 21.5. The van der Waals surface area contributed by atoms with Crippen molar-refractivity contribution in [3.63, 3.8) is 0 Å². The van der Waals surface area contributed by atoms with Gasteiger partial charge >= 0.3 is 0 Å². The van der Waals surface area contributed by atoms with E-state index < -0.39 is 0 Å². The van der Waals surface area contributed by atoms with E-state index >= 15 is 0 Å². The van der Waals surface area contributed by atoms with Gasteiger partial charge in [0.25, 0.3) is 5.56 Å². The van der Waals surface area contributed by atoms with Crippen LogP contribution in [-0.4, -0.2) is 57.3 Å². The Bertz CT molecular complexity index is 805. The number of fused-ring (bicyclic) bond motifs is 1. The van der Waals surface area contributed by atoms with Gasteiger partial charge in [0.1, 0.15) is 6.26 Å². The molecule has 1 aliphatic carbocycles. The average Bonchev–Trinajstić information content (AvgIpc) is 3.06. The third-order valence-electron chi connectivity index (χ3n) is 5.42. The molecule has 1 saturated heterocycles. The molecule has 0 aromatic carbocycles. The summed E-state index contributed by atoms with van der Waals surface area (Å²) in [7, 11) is 0. The van der Waals surface area contributed by atoms with Gasteiger partial charge in [0.2, 0.25) is 0 Å². The van der Waals surface area contributed by atoms with Crippen LogP contribution in [-0.2, 0) is 25.9 Å². The second kappa shape index (κ2) is 7.72. The van der Waals surface area contributed by atoms with Crippen LogP contribution in [0.5, 0.6) is 0 Å². The van der Waals surface area contributed by atoms with Gasteiger partial charge in [-0.3, -0.25) is 14.6 Å². The number of oxazole rings is 1. The molecular formula is C19H27N5O2. The molecule has 2 aliphatic rings. The summed E-state index contributed by atoms with van der Waals surface area (Å²) in [5.41, 5.74) is 3.34. The molecule has 1 fully saturated rings. The normalized spacial score (nSPS) is 18.8. The van der Waals surface area contributed by atoms with Gasteiger partial charge in [0, 0.05) is 52.3 Å². The van der Waals surface area contributed by atoms with Crippen LogP contribution in [0.15, 0.2) is 21.5 Å². The van der Waals surface area contributed by atoms with Crippen molar-refractivity contribution in [3.8, 4) is 0 Å². The summed E-state index contributed by atoms with van der Waals surface area (Å²) in [5, 5.41) is 4.62. The van der Waals surface area contributed by atoms with Crippen molar-refractivity contribution in [1.29, 1.82) is 0 Å². The van der Waals surface area contributed by atoms with E-state index in [0.717, 1.165) is 75.0 Å². The Kier molecular flexibility index (Phi) is 5.17. The molecule has 0 atom stereocenters. The monoisotopic (exact) mass is 357 g/mol. The topological polar surface area (TPSA) is 67.4 Å². The maximum absolute atomic E-state index is 12.3. The minimum Gasteiger partial charge on any atom is -0.449 e. The molecule has 140 valence electrons. The summed E-state index contributed by atoms with van der Waals surface area (Å²) in [5.74, 6) is 0.724. The second-order valence-electron chi connectivity index (χ2n) is 7.36. The van der Waals surface area contributed by atoms with Gasteiger partial charge in [-0.25, -0.2) is 9.67 Å². The van der Waals surface area contributed by atoms with E-state index in [-0.39, 0.29) is 5.56 Å². The van der Waals surface area contributed by atoms with Crippen LogP contribution in [0.3, 0.4) is 0 Å². The number of hydrogen-bond acceptors (Lipinski definition) is 6. The third-order valence-corrected chi connectivity index (χ3v) is 5.42. The van der Waals surface area contributed by atoms with Gasteiger partial charge in [-0.1, -0.05) is 0 Å². The van der Waals surface area contributed by atoms with E-state index in [2.05, 4.69) is 19.9 Å². The molecule has 7 nitrogen and oxygen atoms in total.